The van der Waals surface area contributed by atoms with Crippen LogP contribution in [0.4, 0.5) is 4.79 Å². The lowest BCUT2D eigenvalue weighted by molar-refractivity contribution is -0.130. The molecule has 4 amide bonds. The van der Waals surface area contributed by atoms with Gasteiger partial charge in [-0.3, -0.25) is 19.8 Å². The zero-order valence-electron chi connectivity index (χ0n) is 18.5. The smallest absolute Gasteiger partial charge is 0.331 e. The Balaban J connectivity index is 1.57. The highest BCUT2D eigenvalue weighted by Gasteiger charge is 2.36. The first-order valence-electron chi connectivity index (χ1n) is 10.6. The Morgan fingerprint density at radius 1 is 1.03 bits per heavy atom. The molecular weight excluding hydrogens is 495 g/mol. The Bertz CT molecular complexity index is 1300. The van der Waals surface area contributed by atoms with Crippen LogP contribution < -0.4 is 14.8 Å². The summed E-state index contributed by atoms with van der Waals surface area (Å²) in [5.41, 5.74) is 1.06. The van der Waals surface area contributed by atoms with Crippen molar-refractivity contribution in [1.29, 1.82) is 0 Å². The van der Waals surface area contributed by atoms with Crippen molar-refractivity contribution in [3.8, 4) is 11.5 Å². The summed E-state index contributed by atoms with van der Waals surface area (Å²) in [6.07, 6.45) is 2.82. The number of barbiturate groups is 1. The zero-order valence-corrected chi connectivity index (χ0v) is 20.1. The predicted octanol–water partition coefficient (Wildman–Crippen LogP) is 5.23. The second-order valence-corrected chi connectivity index (χ2v) is 8.30. The van der Waals surface area contributed by atoms with Crippen LogP contribution in [0.2, 0.25) is 10.0 Å². The molecule has 4 rings (SSSR count). The van der Waals surface area contributed by atoms with Crippen LogP contribution in [0.25, 0.3) is 6.08 Å². The molecular formula is C25H20Cl2N2O6. The number of carbonyl (C=O) groups is 3. The molecule has 0 atom stereocenters. The molecule has 2 heterocycles. The van der Waals surface area contributed by atoms with Gasteiger partial charge in [-0.25, -0.2) is 4.79 Å². The van der Waals surface area contributed by atoms with E-state index in [2.05, 4.69) is 5.32 Å². The van der Waals surface area contributed by atoms with Gasteiger partial charge in [0.05, 0.1) is 19.4 Å². The van der Waals surface area contributed by atoms with Gasteiger partial charge < -0.3 is 13.9 Å². The molecule has 3 aromatic rings. The summed E-state index contributed by atoms with van der Waals surface area (Å²) in [4.78, 5) is 38.4. The number of hydrogen-bond donors (Lipinski definition) is 1. The van der Waals surface area contributed by atoms with Crippen molar-refractivity contribution in [3.63, 3.8) is 0 Å². The topological polar surface area (TPSA) is 98.1 Å². The number of hydrogen-bond acceptors (Lipinski definition) is 6. The van der Waals surface area contributed by atoms with Crippen molar-refractivity contribution in [2.75, 3.05) is 6.61 Å². The lowest BCUT2D eigenvalue weighted by Crippen LogP contribution is -2.53. The number of halogens is 2. The molecule has 1 aliphatic rings. The lowest BCUT2D eigenvalue weighted by atomic mass is 10.1. The van der Waals surface area contributed by atoms with Gasteiger partial charge in [-0.1, -0.05) is 35.3 Å². The summed E-state index contributed by atoms with van der Waals surface area (Å²) in [6.45, 7) is 2.26. The van der Waals surface area contributed by atoms with Crippen molar-refractivity contribution < 1.29 is 28.3 Å². The number of ether oxygens (including phenoxy) is 2. The van der Waals surface area contributed by atoms with Crippen LogP contribution in [0, 0.1) is 0 Å². The SMILES string of the molecule is CCOc1cc(/C=C2\C(=O)NC(=O)N(Cc3ccco3)C2=O)ccc1OCc1ccc(Cl)cc1Cl. The van der Waals surface area contributed by atoms with E-state index in [1.54, 1.807) is 48.5 Å². The van der Waals surface area contributed by atoms with E-state index in [0.717, 1.165) is 10.5 Å². The van der Waals surface area contributed by atoms with E-state index in [9.17, 15) is 14.4 Å². The second-order valence-electron chi connectivity index (χ2n) is 7.45. The maximum Gasteiger partial charge on any atom is 0.331 e. The first kappa shape index (κ1) is 24.4. The number of nitrogens with one attached hydrogen (secondary N) is 1. The van der Waals surface area contributed by atoms with Gasteiger partial charge >= 0.3 is 6.03 Å². The average molecular weight is 515 g/mol. The molecule has 1 aliphatic heterocycles. The van der Waals surface area contributed by atoms with Gasteiger partial charge in [-0.05, 0) is 55.0 Å². The molecule has 0 aliphatic carbocycles. The third kappa shape index (κ3) is 5.67. The molecule has 2 aromatic carbocycles. The highest BCUT2D eigenvalue weighted by molar-refractivity contribution is 6.35. The first-order valence-corrected chi connectivity index (χ1v) is 11.4. The van der Waals surface area contributed by atoms with Crippen LogP contribution in [0.1, 0.15) is 23.8 Å². The number of amides is 4. The summed E-state index contributed by atoms with van der Waals surface area (Å²) < 4.78 is 16.8. The Labute approximate surface area is 211 Å². The van der Waals surface area contributed by atoms with Crippen molar-refractivity contribution in [1.82, 2.24) is 10.2 Å². The van der Waals surface area contributed by atoms with E-state index in [1.165, 1.54) is 12.3 Å². The van der Waals surface area contributed by atoms with Gasteiger partial charge in [0.1, 0.15) is 17.9 Å². The number of benzene rings is 2. The highest BCUT2D eigenvalue weighted by atomic mass is 35.5. The molecule has 35 heavy (non-hydrogen) atoms. The molecule has 1 saturated heterocycles. The standard InChI is InChI=1S/C25H20Cl2N2O6/c1-2-33-22-11-15(5-8-21(22)35-14-16-6-7-17(26)12-20(16)27)10-19-23(30)28-25(32)29(24(19)31)13-18-4-3-9-34-18/h3-12H,2,13-14H2,1H3,(H,28,30,32)/b19-10+. The van der Waals surface area contributed by atoms with Gasteiger partial charge in [0, 0.05) is 15.6 Å². The number of imide groups is 2. The van der Waals surface area contributed by atoms with Crippen molar-refractivity contribution >= 4 is 47.1 Å². The number of furan rings is 1. The molecule has 0 bridgehead atoms. The van der Waals surface area contributed by atoms with Crippen LogP contribution in [0.15, 0.2) is 64.8 Å². The number of carbonyl (C=O) groups excluding carboxylic acids is 3. The molecule has 1 aromatic heterocycles. The zero-order chi connectivity index (χ0) is 24.9. The summed E-state index contributed by atoms with van der Waals surface area (Å²) >= 11 is 12.2. The highest BCUT2D eigenvalue weighted by Crippen LogP contribution is 2.31. The first-order chi connectivity index (χ1) is 16.9. The van der Waals surface area contributed by atoms with Crippen LogP contribution in [0.5, 0.6) is 11.5 Å². The molecule has 10 heteroatoms. The van der Waals surface area contributed by atoms with Crippen LogP contribution in [-0.2, 0) is 22.7 Å². The number of urea groups is 1. The monoisotopic (exact) mass is 514 g/mol. The normalized spacial score (nSPS) is 14.9. The Morgan fingerprint density at radius 2 is 1.86 bits per heavy atom. The van der Waals surface area contributed by atoms with E-state index in [-0.39, 0.29) is 18.7 Å². The van der Waals surface area contributed by atoms with Crippen molar-refractivity contribution in [2.24, 2.45) is 0 Å². The lowest BCUT2D eigenvalue weighted by Gasteiger charge is -2.25. The van der Waals surface area contributed by atoms with Crippen molar-refractivity contribution in [2.45, 2.75) is 20.1 Å². The van der Waals surface area contributed by atoms with Crippen LogP contribution in [0.3, 0.4) is 0 Å². The summed E-state index contributed by atoms with van der Waals surface area (Å²) in [5, 5.41) is 3.18. The van der Waals surface area contributed by atoms with E-state index >= 15 is 0 Å². The second kappa shape index (κ2) is 10.7. The third-order valence-electron chi connectivity index (χ3n) is 5.06. The Kier molecular flexibility index (Phi) is 7.43. The maximum atomic E-state index is 12.9. The molecule has 0 radical (unpaired) electrons. The van der Waals surface area contributed by atoms with Gasteiger partial charge in [0.2, 0.25) is 0 Å². The Hall–Kier alpha value is -3.75. The molecule has 1 fully saturated rings. The largest absolute Gasteiger partial charge is 0.490 e. The summed E-state index contributed by atoms with van der Waals surface area (Å²) in [6, 6.07) is 12.6. The van der Waals surface area contributed by atoms with Crippen molar-refractivity contribution in [3.05, 3.63) is 87.3 Å². The van der Waals surface area contributed by atoms with Crippen LogP contribution in [-0.4, -0.2) is 29.4 Å². The fourth-order valence-corrected chi connectivity index (χ4v) is 3.82. The minimum absolute atomic E-state index is 0.105. The van der Waals surface area contributed by atoms with E-state index in [1.807, 2.05) is 6.92 Å². The fraction of sp³-hybridized carbons (Fsp3) is 0.160. The fourth-order valence-electron chi connectivity index (χ4n) is 3.36. The number of rotatable bonds is 8. The molecule has 180 valence electrons. The van der Waals surface area contributed by atoms with E-state index in [4.69, 9.17) is 37.1 Å². The van der Waals surface area contributed by atoms with Gasteiger partial charge in [0.25, 0.3) is 11.8 Å². The quantitative estimate of drug-likeness (QED) is 0.326. The molecule has 0 spiro atoms. The van der Waals surface area contributed by atoms with Gasteiger partial charge in [-0.2, -0.15) is 0 Å². The van der Waals surface area contributed by atoms with Crippen LogP contribution >= 0.6 is 23.2 Å². The maximum absolute atomic E-state index is 12.9. The molecule has 0 saturated carbocycles. The molecule has 0 unspecified atom stereocenters. The minimum Gasteiger partial charge on any atom is -0.490 e. The summed E-state index contributed by atoms with van der Waals surface area (Å²) in [7, 11) is 0. The number of nitrogens with zero attached hydrogens (tertiary/aromatic N) is 1. The minimum atomic E-state index is -0.812. The van der Waals surface area contributed by atoms with Gasteiger partial charge in [0.15, 0.2) is 11.5 Å². The van der Waals surface area contributed by atoms with Gasteiger partial charge in [-0.15, -0.1) is 0 Å². The van der Waals surface area contributed by atoms with E-state index in [0.29, 0.717) is 39.5 Å². The summed E-state index contributed by atoms with van der Waals surface area (Å²) in [5.74, 6) is -0.242. The molecule has 8 nitrogen and oxygen atoms in total. The Morgan fingerprint density at radius 3 is 2.57 bits per heavy atom. The molecule has 1 N–H and O–H groups in total. The van der Waals surface area contributed by atoms with E-state index < -0.39 is 17.8 Å². The predicted molar refractivity (Wildman–Crippen MR) is 129 cm³/mol. The third-order valence-corrected chi connectivity index (χ3v) is 5.64. The average Bonchev–Trinajstić information content (AvgIpc) is 3.33.